The second kappa shape index (κ2) is 4.94. The number of nitrogen functional groups attached to an aromatic ring is 1. The number of H-pyrrole nitrogens is 1. The molecule has 0 atom stereocenters. The number of rotatable bonds is 2. The molecule has 1 heterocycles. The topological polar surface area (TPSA) is 83.8 Å². The lowest BCUT2D eigenvalue weighted by Gasteiger charge is -2.08. The summed E-state index contributed by atoms with van der Waals surface area (Å²) in [6.07, 6.45) is 0. The normalized spacial score (nSPS) is 10.8. The molecule has 0 bridgehead atoms. The van der Waals surface area contributed by atoms with Gasteiger partial charge < -0.3 is 11.1 Å². The van der Waals surface area contributed by atoms with Crippen molar-refractivity contribution < 1.29 is 4.79 Å². The first-order valence-corrected chi connectivity index (χ1v) is 6.67. The van der Waals surface area contributed by atoms with Crippen LogP contribution in [-0.4, -0.2) is 16.1 Å². The largest absolute Gasteiger partial charge is 0.398 e. The van der Waals surface area contributed by atoms with Gasteiger partial charge in [-0.3, -0.25) is 9.89 Å². The number of carbonyl (C=O) groups excluding carboxylic acids is 1. The van der Waals surface area contributed by atoms with E-state index in [1.54, 1.807) is 6.07 Å². The van der Waals surface area contributed by atoms with Crippen molar-refractivity contribution in [1.82, 2.24) is 10.2 Å². The number of fused-ring (bicyclic) bond motifs is 1. The second-order valence-electron chi connectivity index (χ2n) is 5.06. The number of amides is 1. The molecule has 5 nitrogen and oxygen atoms in total. The van der Waals surface area contributed by atoms with Crippen LogP contribution in [0.25, 0.3) is 10.8 Å². The van der Waals surface area contributed by atoms with Crippen molar-refractivity contribution in [3.05, 3.63) is 53.2 Å². The van der Waals surface area contributed by atoms with Gasteiger partial charge in [0, 0.05) is 16.9 Å². The summed E-state index contributed by atoms with van der Waals surface area (Å²) in [6.45, 7) is 3.81. The van der Waals surface area contributed by atoms with Gasteiger partial charge in [0.25, 0.3) is 5.91 Å². The number of aromatic nitrogens is 2. The Morgan fingerprint density at radius 3 is 2.48 bits per heavy atom. The van der Waals surface area contributed by atoms with Crippen LogP contribution in [-0.2, 0) is 0 Å². The van der Waals surface area contributed by atoms with Crippen LogP contribution >= 0.6 is 0 Å². The average molecular weight is 280 g/mol. The standard InChI is InChI=1S/C16H16N4O/c1-9-10(2)19-20-15(9)18-16(21)13-7-11-5-3-4-6-12(11)8-14(13)17/h3-8H,17H2,1-2H3,(H2,18,19,20,21). The van der Waals surface area contributed by atoms with Crippen LogP contribution in [0.5, 0.6) is 0 Å². The lowest BCUT2D eigenvalue weighted by atomic mass is 10.0. The van der Waals surface area contributed by atoms with Gasteiger partial charge >= 0.3 is 0 Å². The fourth-order valence-electron chi connectivity index (χ4n) is 2.24. The Morgan fingerprint density at radius 2 is 1.86 bits per heavy atom. The van der Waals surface area contributed by atoms with Gasteiger partial charge in [-0.2, -0.15) is 5.10 Å². The second-order valence-corrected chi connectivity index (χ2v) is 5.06. The zero-order chi connectivity index (χ0) is 15.0. The number of aromatic amines is 1. The molecule has 4 N–H and O–H groups in total. The van der Waals surface area contributed by atoms with Crippen molar-refractivity contribution in [2.24, 2.45) is 0 Å². The average Bonchev–Trinajstić information content (AvgIpc) is 2.78. The number of aryl methyl sites for hydroxylation is 1. The number of anilines is 2. The predicted octanol–water partition coefficient (Wildman–Crippen LogP) is 3.01. The van der Waals surface area contributed by atoms with E-state index < -0.39 is 0 Å². The molecule has 21 heavy (non-hydrogen) atoms. The zero-order valence-electron chi connectivity index (χ0n) is 11.9. The molecule has 0 saturated carbocycles. The van der Waals surface area contributed by atoms with Gasteiger partial charge in [0.15, 0.2) is 5.82 Å². The number of benzene rings is 2. The highest BCUT2D eigenvalue weighted by Gasteiger charge is 2.14. The van der Waals surface area contributed by atoms with E-state index in [0.29, 0.717) is 17.1 Å². The highest BCUT2D eigenvalue weighted by atomic mass is 16.1. The number of carbonyl (C=O) groups is 1. The molecule has 3 aromatic rings. The molecule has 0 spiro atoms. The smallest absolute Gasteiger partial charge is 0.258 e. The lowest BCUT2D eigenvalue weighted by molar-refractivity contribution is 0.102. The Labute approximate surface area is 122 Å². The first kappa shape index (κ1) is 13.2. The Bertz CT molecular complexity index is 835. The number of hydrogen-bond donors (Lipinski definition) is 3. The first-order chi connectivity index (χ1) is 10.1. The maximum absolute atomic E-state index is 12.4. The van der Waals surface area contributed by atoms with Crippen LogP contribution in [0, 0.1) is 13.8 Å². The lowest BCUT2D eigenvalue weighted by Crippen LogP contribution is -2.15. The Balaban J connectivity index is 1.97. The van der Waals surface area contributed by atoms with Gasteiger partial charge in [0.05, 0.1) is 5.56 Å². The number of hydrogen-bond acceptors (Lipinski definition) is 3. The Morgan fingerprint density at radius 1 is 1.19 bits per heavy atom. The maximum atomic E-state index is 12.4. The van der Waals surface area contributed by atoms with E-state index in [0.717, 1.165) is 22.0 Å². The number of nitrogens with zero attached hydrogens (tertiary/aromatic N) is 1. The van der Waals surface area contributed by atoms with Gasteiger partial charge in [-0.25, -0.2) is 0 Å². The molecule has 0 radical (unpaired) electrons. The third-order valence-corrected chi connectivity index (χ3v) is 3.65. The molecule has 1 amide bonds. The molecule has 1 aromatic heterocycles. The van der Waals surface area contributed by atoms with Gasteiger partial charge in [-0.1, -0.05) is 24.3 Å². The van der Waals surface area contributed by atoms with E-state index >= 15 is 0 Å². The third-order valence-electron chi connectivity index (χ3n) is 3.65. The molecular formula is C16H16N4O. The highest BCUT2D eigenvalue weighted by Crippen LogP contribution is 2.23. The minimum absolute atomic E-state index is 0.257. The minimum atomic E-state index is -0.257. The molecule has 5 heteroatoms. The maximum Gasteiger partial charge on any atom is 0.258 e. The molecule has 0 fully saturated rings. The summed E-state index contributed by atoms with van der Waals surface area (Å²) < 4.78 is 0. The highest BCUT2D eigenvalue weighted by molar-refractivity contribution is 6.10. The molecule has 3 rings (SSSR count). The van der Waals surface area contributed by atoms with Crippen molar-refractivity contribution in [2.75, 3.05) is 11.1 Å². The van der Waals surface area contributed by atoms with Crippen LogP contribution in [0.2, 0.25) is 0 Å². The quantitative estimate of drug-likeness (QED) is 0.631. The van der Waals surface area contributed by atoms with E-state index in [1.807, 2.05) is 44.2 Å². The van der Waals surface area contributed by atoms with E-state index in [-0.39, 0.29) is 5.91 Å². The van der Waals surface area contributed by atoms with Crippen molar-refractivity contribution in [2.45, 2.75) is 13.8 Å². The van der Waals surface area contributed by atoms with Crippen LogP contribution in [0.15, 0.2) is 36.4 Å². The van der Waals surface area contributed by atoms with E-state index in [9.17, 15) is 4.79 Å². The summed E-state index contributed by atoms with van der Waals surface area (Å²) in [5, 5.41) is 11.7. The number of nitrogens with one attached hydrogen (secondary N) is 2. The van der Waals surface area contributed by atoms with Crippen LogP contribution in [0.1, 0.15) is 21.6 Å². The fraction of sp³-hybridized carbons (Fsp3) is 0.125. The molecule has 0 aliphatic rings. The summed E-state index contributed by atoms with van der Waals surface area (Å²) in [7, 11) is 0. The molecule has 106 valence electrons. The van der Waals surface area contributed by atoms with Gasteiger partial charge in [-0.15, -0.1) is 0 Å². The Kier molecular flexibility index (Phi) is 3.10. The van der Waals surface area contributed by atoms with Crippen molar-refractivity contribution in [3.8, 4) is 0 Å². The van der Waals surface area contributed by atoms with Gasteiger partial charge in [0.2, 0.25) is 0 Å². The van der Waals surface area contributed by atoms with E-state index in [2.05, 4.69) is 15.5 Å². The van der Waals surface area contributed by atoms with Crippen LogP contribution < -0.4 is 11.1 Å². The van der Waals surface area contributed by atoms with Crippen molar-refractivity contribution in [1.29, 1.82) is 0 Å². The molecular weight excluding hydrogens is 264 g/mol. The van der Waals surface area contributed by atoms with Gasteiger partial charge in [-0.05, 0) is 36.8 Å². The molecule has 0 aliphatic heterocycles. The summed E-state index contributed by atoms with van der Waals surface area (Å²) in [5.74, 6) is 0.276. The summed E-state index contributed by atoms with van der Waals surface area (Å²) in [6, 6.07) is 11.4. The number of nitrogens with two attached hydrogens (primary N) is 1. The van der Waals surface area contributed by atoms with Crippen molar-refractivity contribution in [3.63, 3.8) is 0 Å². The first-order valence-electron chi connectivity index (χ1n) is 6.67. The molecule has 0 unspecified atom stereocenters. The summed E-state index contributed by atoms with van der Waals surface area (Å²) >= 11 is 0. The van der Waals surface area contributed by atoms with E-state index in [4.69, 9.17) is 5.73 Å². The monoisotopic (exact) mass is 280 g/mol. The third kappa shape index (κ3) is 2.33. The van der Waals surface area contributed by atoms with Gasteiger partial charge in [0.1, 0.15) is 0 Å². The van der Waals surface area contributed by atoms with Crippen LogP contribution in [0.3, 0.4) is 0 Å². The predicted molar refractivity (Wildman–Crippen MR) is 84.4 cm³/mol. The fourth-order valence-corrected chi connectivity index (χ4v) is 2.24. The molecule has 2 aromatic carbocycles. The molecule has 0 saturated heterocycles. The van der Waals surface area contributed by atoms with Crippen molar-refractivity contribution >= 4 is 28.2 Å². The molecule has 0 aliphatic carbocycles. The van der Waals surface area contributed by atoms with Crippen LogP contribution in [0.4, 0.5) is 11.5 Å². The summed E-state index contributed by atoms with van der Waals surface area (Å²) in [5.41, 5.74) is 8.75. The SMILES string of the molecule is Cc1[nH]nc(NC(=O)c2cc3ccccc3cc2N)c1C. The summed E-state index contributed by atoms with van der Waals surface area (Å²) in [4.78, 5) is 12.4. The zero-order valence-corrected chi connectivity index (χ0v) is 11.9. The minimum Gasteiger partial charge on any atom is -0.398 e. The van der Waals surface area contributed by atoms with E-state index in [1.165, 1.54) is 0 Å². The Hall–Kier alpha value is -2.82.